The number of aromatic nitrogens is 2. The molecule has 1 N–H and O–H groups in total. The molecule has 0 amide bonds. The number of hydrogen-bond donors (Lipinski definition) is 1. The first kappa shape index (κ1) is 16.2. The summed E-state index contributed by atoms with van der Waals surface area (Å²) in [5, 5.41) is 2.92. The highest BCUT2D eigenvalue weighted by molar-refractivity contribution is 7.99. The lowest BCUT2D eigenvalue weighted by Gasteiger charge is -2.22. The van der Waals surface area contributed by atoms with Crippen molar-refractivity contribution >= 4 is 23.4 Å². The first-order valence-electron chi connectivity index (χ1n) is 7.03. The Bertz CT molecular complexity index is 459. The second kappa shape index (κ2) is 7.20. The van der Waals surface area contributed by atoms with Crippen molar-refractivity contribution in [3.05, 3.63) is 11.9 Å². The van der Waals surface area contributed by atoms with E-state index in [1.807, 2.05) is 23.6 Å². The van der Waals surface area contributed by atoms with Gasteiger partial charge >= 0.3 is 6.18 Å². The molecule has 0 aromatic carbocycles. The predicted octanol–water partition coefficient (Wildman–Crippen LogP) is 3.26. The van der Waals surface area contributed by atoms with Crippen LogP contribution >= 0.6 is 11.8 Å². The summed E-state index contributed by atoms with van der Waals surface area (Å²) < 4.78 is 38.8. The predicted molar refractivity (Wildman–Crippen MR) is 80.0 cm³/mol. The zero-order valence-corrected chi connectivity index (χ0v) is 12.7. The molecule has 1 saturated heterocycles. The van der Waals surface area contributed by atoms with E-state index in [9.17, 15) is 13.2 Å². The largest absolute Gasteiger partial charge is 0.451 e. The van der Waals surface area contributed by atoms with Crippen molar-refractivity contribution < 1.29 is 13.2 Å². The van der Waals surface area contributed by atoms with E-state index in [-0.39, 0.29) is 5.82 Å². The van der Waals surface area contributed by atoms with Crippen LogP contribution in [0.2, 0.25) is 0 Å². The van der Waals surface area contributed by atoms with Crippen molar-refractivity contribution in [3.63, 3.8) is 0 Å². The number of anilines is 2. The third kappa shape index (κ3) is 4.66. The Labute approximate surface area is 126 Å². The molecule has 0 unspecified atom stereocenters. The first-order chi connectivity index (χ1) is 10.0. The fourth-order valence-corrected chi connectivity index (χ4v) is 2.93. The van der Waals surface area contributed by atoms with E-state index in [4.69, 9.17) is 0 Å². The van der Waals surface area contributed by atoms with E-state index < -0.39 is 12.0 Å². The molecule has 0 spiro atoms. The Morgan fingerprint density at radius 1 is 1.29 bits per heavy atom. The number of alkyl halides is 3. The van der Waals surface area contributed by atoms with E-state index >= 15 is 0 Å². The van der Waals surface area contributed by atoms with Gasteiger partial charge in [-0.05, 0) is 18.6 Å². The minimum atomic E-state index is -4.53. The van der Waals surface area contributed by atoms with E-state index in [1.54, 1.807) is 6.07 Å². The third-order valence-corrected chi connectivity index (χ3v) is 4.12. The monoisotopic (exact) mass is 320 g/mol. The Balaban J connectivity index is 2.29. The lowest BCUT2D eigenvalue weighted by atomic mass is 10.3. The van der Waals surface area contributed by atoms with Crippen LogP contribution in [0.3, 0.4) is 0 Å². The summed E-state index contributed by atoms with van der Waals surface area (Å²) in [4.78, 5) is 9.21. The molecule has 1 aromatic rings. The Morgan fingerprint density at radius 3 is 2.81 bits per heavy atom. The lowest BCUT2D eigenvalue weighted by Crippen LogP contribution is -2.28. The van der Waals surface area contributed by atoms with Crippen LogP contribution in [0, 0.1) is 0 Å². The highest BCUT2D eigenvalue weighted by atomic mass is 32.2. The van der Waals surface area contributed by atoms with E-state index in [0.29, 0.717) is 18.9 Å². The number of hydrogen-bond acceptors (Lipinski definition) is 5. The Morgan fingerprint density at radius 2 is 2.10 bits per heavy atom. The number of thioether (sulfide) groups is 1. The molecule has 1 aliphatic heterocycles. The zero-order valence-electron chi connectivity index (χ0n) is 11.9. The molecule has 2 rings (SSSR count). The maximum atomic E-state index is 12.9. The van der Waals surface area contributed by atoms with Crippen LogP contribution in [0.5, 0.6) is 0 Å². The van der Waals surface area contributed by atoms with E-state index in [1.165, 1.54) is 0 Å². The maximum absolute atomic E-state index is 12.9. The normalized spacial score (nSPS) is 16.7. The molecule has 118 valence electrons. The topological polar surface area (TPSA) is 41.0 Å². The highest BCUT2D eigenvalue weighted by Crippen LogP contribution is 2.29. The number of nitrogens with zero attached hydrogens (tertiary/aromatic N) is 3. The van der Waals surface area contributed by atoms with Crippen LogP contribution < -0.4 is 10.2 Å². The first-order valence-corrected chi connectivity index (χ1v) is 8.19. The van der Waals surface area contributed by atoms with Gasteiger partial charge in [0.2, 0.25) is 5.82 Å². The average molecular weight is 320 g/mol. The van der Waals surface area contributed by atoms with E-state index in [0.717, 1.165) is 30.9 Å². The van der Waals surface area contributed by atoms with Crippen LogP contribution in [0.15, 0.2) is 6.07 Å². The minimum Gasteiger partial charge on any atom is -0.370 e. The van der Waals surface area contributed by atoms with Gasteiger partial charge in [-0.1, -0.05) is 6.92 Å². The molecule has 8 heteroatoms. The molecule has 1 fully saturated rings. The summed E-state index contributed by atoms with van der Waals surface area (Å²) in [5.41, 5.74) is 0. The number of rotatable bonds is 4. The summed E-state index contributed by atoms with van der Waals surface area (Å²) in [6.07, 6.45) is -2.76. The van der Waals surface area contributed by atoms with Gasteiger partial charge in [-0.15, -0.1) is 0 Å². The quantitative estimate of drug-likeness (QED) is 0.922. The minimum absolute atomic E-state index is 0.242. The van der Waals surface area contributed by atoms with Crippen molar-refractivity contribution in [2.75, 3.05) is 41.4 Å². The molecule has 0 saturated carbocycles. The molecule has 0 aliphatic carbocycles. The summed E-state index contributed by atoms with van der Waals surface area (Å²) in [5.74, 6) is 1.47. The molecular formula is C13H19F3N4S. The maximum Gasteiger partial charge on any atom is 0.451 e. The molecule has 4 nitrogen and oxygen atoms in total. The number of halogens is 3. The smallest absolute Gasteiger partial charge is 0.370 e. The van der Waals surface area contributed by atoms with Gasteiger partial charge in [0.05, 0.1) is 0 Å². The van der Waals surface area contributed by atoms with Crippen molar-refractivity contribution in [1.29, 1.82) is 0 Å². The van der Waals surface area contributed by atoms with Gasteiger partial charge in [0.15, 0.2) is 0 Å². The zero-order chi connectivity index (χ0) is 15.3. The summed E-state index contributed by atoms with van der Waals surface area (Å²) >= 11 is 1.82. The Hall–Kier alpha value is -1.18. The van der Waals surface area contributed by atoms with Crippen molar-refractivity contribution in [3.8, 4) is 0 Å². The second-order valence-corrected chi connectivity index (χ2v) is 6.04. The van der Waals surface area contributed by atoms with Gasteiger partial charge in [0.1, 0.15) is 11.6 Å². The van der Waals surface area contributed by atoms with E-state index in [2.05, 4.69) is 15.3 Å². The fourth-order valence-electron chi connectivity index (χ4n) is 2.04. The summed E-state index contributed by atoms with van der Waals surface area (Å²) in [6, 6.07) is 1.61. The fraction of sp³-hybridized carbons (Fsp3) is 0.692. The van der Waals surface area contributed by atoms with Crippen LogP contribution in [0.4, 0.5) is 24.8 Å². The lowest BCUT2D eigenvalue weighted by molar-refractivity contribution is -0.144. The third-order valence-electron chi connectivity index (χ3n) is 3.07. The van der Waals surface area contributed by atoms with Crippen LogP contribution in [-0.4, -0.2) is 41.1 Å². The SMILES string of the molecule is CCCNc1cc(N2CCCSCC2)nc(C(F)(F)F)n1. The molecule has 0 atom stereocenters. The van der Waals surface area contributed by atoms with Gasteiger partial charge in [0, 0.05) is 31.5 Å². The van der Waals surface area contributed by atoms with Crippen LogP contribution in [0.1, 0.15) is 25.6 Å². The molecule has 1 aliphatic rings. The molecule has 0 radical (unpaired) electrons. The van der Waals surface area contributed by atoms with Crippen molar-refractivity contribution in [2.45, 2.75) is 25.9 Å². The second-order valence-electron chi connectivity index (χ2n) is 4.81. The molecule has 1 aromatic heterocycles. The standard InChI is InChI=1S/C13H19F3N4S/c1-2-4-17-10-9-11(19-12(18-10)13(14,15)16)20-5-3-7-21-8-6-20/h9H,2-8H2,1H3,(H,17,18,19). The van der Waals surface area contributed by atoms with Gasteiger partial charge in [-0.25, -0.2) is 9.97 Å². The summed E-state index contributed by atoms with van der Waals surface area (Å²) in [7, 11) is 0. The van der Waals surface area contributed by atoms with Crippen LogP contribution in [0.25, 0.3) is 0 Å². The Kier molecular flexibility index (Phi) is 5.55. The molecule has 2 heterocycles. The van der Waals surface area contributed by atoms with Gasteiger partial charge in [-0.2, -0.15) is 24.9 Å². The highest BCUT2D eigenvalue weighted by Gasteiger charge is 2.36. The van der Waals surface area contributed by atoms with Crippen molar-refractivity contribution in [1.82, 2.24) is 9.97 Å². The van der Waals surface area contributed by atoms with Gasteiger partial charge in [0.25, 0.3) is 0 Å². The number of nitrogens with one attached hydrogen (secondary N) is 1. The molecule has 0 bridgehead atoms. The van der Waals surface area contributed by atoms with Crippen LogP contribution in [-0.2, 0) is 6.18 Å². The van der Waals surface area contributed by atoms with Crippen molar-refractivity contribution in [2.24, 2.45) is 0 Å². The van der Waals surface area contributed by atoms with Gasteiger partial charge in [-0.3, -0.25) is 0 Å². The average Bonchev–Trinajstić information content (AvgIpc) is 2.73. The van der Waals surface area contributed by atoms with Gasteiger partial charge < -0.3 is 10.2 Å². The molecule has 21 heavy (non-hydrogen) atoms. The molecular weight excluding hydrogens is 301 g/mol. The summed E-state index contributed by atoms with van der Waals surface area (Å²) in [6.45, 7) is 3.98.